The molecule has 0 unspecified atom stereocenters. The molecule has 5 nitrogen and oxygen atoms in total. The zero-order valence-electron chi connectivity index (χ0n) is 18.9. The molecule has 0 aliphatic carbocycles. The molecule has 2 rings (SSSR count). The molecular formula is C26H29FO5. The normalized spacial score (nSPS) is 11.2. The molecule has 0 radical (unpaired) electrons. The smallest absolute Gasteiger partial charge is 0.339 e. The van der Waals surface area contributed by atoms with Gasteiger partial charge in [0.2, 0.25) is 0 Å². The highest BCUT2D eigenvalue weighted by Gasteiger charge is 2.25. The van der Waals surface area contributed by atoms with Gasteiger partial charge in [0, 0.05) is 23.6 Å². The molecule has 0 aromatic heterocycles. The molecule has 0 saturated carbocycles. The van der Waals surface area contributed by atoms with Gasteiger partial charge in [0.1, 0.15) is 22.9 Å². The molecule has 2 N–H and O–H groups in total. The maximum Gasteiger partial charge on any atom is 0.339 e. The van der Waals surface area contributed by atoms with E-state index in [4.69, 9.17) is 4.74 Å². The van der Waals surface area contributed by atoms with E-state index in [0.717, 1.165) is 18.4 Å². The maximum absolute atomic E-state index is 13.2. The first-order valence-corrected chi connectivity index (χ1v) is 10.4. The predicted octanol–water partition coefficient (Wildman–Crippen LogP) is 5.90. The number of hydrogen-bond donors (Lipinski definition) is 2. The lowest BCUT2D eigenvalue weighted by molar-refractivity contribution is 0.0692. The molecule has 0 spiro atoms. The zero-order chi connectivity index (χ0) is 23.8. The number of carbonyl (C=O) groups excluding carboxylic acids is 1. The highest BCUT2D eigenvalue weighted by molar-refractivity contribution is 6.01. The van der Waals surface area contributed by atoms with E-state index in [2.05, 4.69) is 6.08 Å². The number of phenols is 1. The lowest BCUT2D eigenvalue weighted by atomic mass is 9.90. The molecule has 0 amide bonds. The van der Waals surface area contributed by atoms with Crippen molar-refractivity contribution in [3.63, 3.8) is 0 Å². The van der Waals surface area contributed by atoms with Crippen LogP contribution in [0.1, 0.15) is 65.5 Å². The first-order valence-electron chi connectivity index (χ1n) is 10.4. The first kappa shape index (κ1) is 24.9. The van der Waals surface area contributed by atoms with E-state index in [1.807, 2.05) is 26.8 Å². The number of aromatic carboxylic acids is 1. The fraction of sp³-hybridized carbons (Fsp3) is 0.308. The van der Waals surface area contributed by atoms with Gasteiger partial charge in [-0.25, -0.2) is 9.18 Å². The van der Waals surface area contributed by atoms with E-state index in [1.165, 1.54) is 43.0 Å². The van der Waals surface area contributed by atoms with Crippen LogP contribution < -0.4 is 4.74 Å². The van der Waals surface area contributed by atoms with Gasteiger partial charge in [0.25, 0.3) is 0 Å². The number of benzene rings is 2. The van der Waals surface area contributed by atoms with E-state index >= 15 is 0 Å². The van der Waals surface area contributed by atoms with E-state index < -0.39 is 17.5 Å². The Balaban J connectivity index is 2.47. The Hall–Kier alpha value is -3.41. The number of methoxy groups -OCH3 is 1. The van der Waals surface area contributed by atoms with Crippen molar-refractivity contribution in [2.75, 3.05) is 7.11 Å². The second-order valence-corrected chi connectivity index (χ2v) is 7.92. The topological polar surface area (TPSA) is 83.8 Å². The number of ether oxygens (including phenoxy) is 1. The van der Waals surface area contributed by atoms with Gasteiger partial charge in [-0.05, 0) is 69.9 Å². The quantitative estimate of drug-likeness (QED) is 0.355. The number of halogens is 1. The molecule has 6 heteroatoms. The molecule has 0 bridgehead atoms. The number of carbonyl (C=O) groups is 2. The van der Waals surface area contributed by atoms with Crippen molar-refractivity contribution in [3.8, 4) is 11.5 Å². The Morgan fingerprint density at radius 3 is 2.28 bits per heavy atom. The average Bonchev–Trinajstić information content (AvgIpc) is 2.72. The Bertz CT molecular complexity index is 1040. The van der Waals surface area contributed by atoms with Crippen molar-refractivity contribution in [2.24, 2.45) is 0 Å². The number of allylic oxidation sites excluding steroid dienone is 4. The fourth-order valence-corrected chi connectivity index (χ4v) is 3.44. The van der Waals surface area contributed by atoms with Crippen LogP contribution >= 0.6 is 0 Å². The average molecular weight is 441 g/mol. The Morgan fingerprint density at radius 1 is 1.06 bits per heavy atom. The Labute approximate surface area is 187 Å². The second kappa shape index (κ2) is 11.3. The van der Waals surface area contributed by atoms with Gasteiger partial charge in [-0.2, -0.15) is 0 Å². The number of Topliss-reactive ketones (excluding diaryl/α,β-unsaturated/α-hetero) is 1. The monoisotopic (exact) mass is 440 g/mol. The maximum atomic E-state index is 13.2. The summed E-state index contributed by atoms with van der Waals surface area (Å²) in [7, 11) is 1.43. The molecule has 170 valence electrons. The van der Waals surface area contributed by atoms with Crippen LogP contribution in [-0.2, 0) is 12.8 Å². The number of carboxylic acid groups (broad SMARTS) is 1. The van der Waals surface area contributed by atoms with Gasteiger partial charge >= 0.3 is 5.97 Å². The van der Waals surface area contributed by atoms with Gasteiger partial charge in [0.15, 0.2) is 5.78 Å². The van der Waals surface area contributed by atoms with Crippen molar-refractivity contribution >= 4 is 11.8 Å². The largest absolute Gasteiger partial charge is 0.507 e. The molecule has 0 aliphatic rings. The summed E-state index contributed by atoms with van der Waals surface area (Å²) in [5.41, 5.74) is 3.00. The van der Waals surface area contributed by atoms with E-state index in [0.29, 0.717) is 17.7 Å². The second-order valence-electron chi connectivity index (χ2n) is 7.92. The molecule has 0 saturated heterocycles. The highest BCUT2D eigenvalue weighted by Crippen LogP contribution is 2.35. The van der Waals surface area contributed by atoms with Crippen LogP contribution in [0.15, 0.2) is 53.6 Å². The van der Waals surface area contributed by atoms with Crippen molar-refractivity contribution in [1.82, 2.24) is 0 Å². The molecule has 0 aliphatic heterocycles. The van der Waals surface area contributed by atoms with Crippen molar-refractivity contribution in [2.45, 2.75) is 46.5 Å². The first-order chi connectivity index (χ1) is 15.1. The molecule has 0 fully saturated rings. The minimum absolute atomic E-state index is 0.192. The van der Waals surface area contributed by atoms with Crippen LogP contribution in [0.4, 0.5) is 4.39 Å². The molecule has 2 aromatic rings. The van der Waals surface area contributed by atoms with E-state index in [9.17, 15) is 24.2 Å². The van der Waals surface area contributed by atoms with Crippen molar-refractivity contribution in [1.29, 1.82) is 0 Å². The summed E-state index contributed by atoms with van der Waals surface area (Å²) < 4.78 is 18.6. The zero-order valence-corrected chi connectivity index (χ0v) is 18.9. The van der Waals surface area contributed by atoms with Gasteiger partial charge in [-0.15, -0.1) is 0 Å². The van der Waals surface area contributed by atoms with Crippen LogP contribution in [0.5, 0.6) is 11.5 Å². The number of rotatable bonds is 10. The van der Waals surface area contributed by atoms with Gasteiger partial charge in [-0.1, -0.05) is 23.3 Å². The van der Waals surface area contributed by atoms with Gasteiger partial charge in [-0.3, -0.25) is 4.79 Å². The van der Waals surface area contributed by atoms with Crippen LogP contribution in [0.3, 0.4) is 0 Å². The minimum Gasteiger partial charge on any atom is -0.507 e. The molecular weight excluding hydrogens is 411 g/mol. The summed E-state index contributed by atoms with van der Waals surface area (Å²) in [5.74, 6) is -2.35. The molecule has 32 heavy (non-hydrogen) atoms. The Kier molecular flexibility index (Phi) is 8.76. The third-order valence-corrected chi connectivity index (χ3v) is 5.17. The summed E-state index contributed by atoms with van der Waals surface area (Å²) in [5, 5.41) is 20.0. The van der Waals surface area contributed by atoms with Crippen LogP contribution in [-0.4, -0.2) is 29.1 Å². The van der Waals surface area contributed by atoms with Gasteiger partial charge < -0.3 is 14.9 Å². The lowest BCUT2D eigenvalue weighted by Gasteiger charge is -2.17. The number of hydrogen-bond acceptors (Lipinski definition) is 4. The summed E-state index contributed by atoms with van der Waals surface area (Å²) in [6, 6.07) is 6.31. The minimum atomic E-state index is -1.34. The number of ketones is 1. The van der Waals surface area contributed by atoms with Gasteiger partial charge in [0.05, 0.1) is 7.11 Å². The van der Waals surface area contributed by atoms with Crippen LogP contribution in [0.25, 0.3) is 0 Å². The highest BCUT2D eigenvalue weighted by atomic mass is 19.1. The summed E-state index contributed by atoms with van der Waals surface area (Å²) >= 11 is 0. The van der Waals surface area contributed by atoms with Crippen molar-refractivity contribution < 1.29 is 28.9 Å². The number of carboxylic acids is 1. The van der Waals surface area contributed by atoms with E-state index in [1.54, 1.807) is 0 Å². The summed E-state index contributed by atoms with van der Waals surface area (Å²) in [4.78, 5) is 24.8. The lowest BCUT2D eigenvalue weighted by Crippen LogP contribution is -2.13. The summed E-state index contributed by atoms with van der Waals surface area (Å²) in [6.07, 6.45) is 5.95. The standard InChI is InChI=1S/C26H29FO5/c1-16(2)6-5-7-17(3)8-13-20-21(14-22(28)18-9-11-19(27)12-10-18)25(26(30)31)23(29)15-24(20)32-4/h6,8-12,15,29H,5,7,13-14H2,1-4H3,(H,30,31)/b17-8+. The number of aromatic hydroxyl groups is 1. The van der Waals surface area contributed by atoms with E-state index in [-0.39, 0.29) is 28.9 Å². The third kappa shape index (κ3) is 6.54. The van der Waals surface area contributed by atoms with Crippen LogP contribution in [0.2, 0.25) is 0 Å². The fourth-order valence-electron chi connectivity index (χ4n) is 3.44. The Morgan fingerprint density at radius 2 is 1.72 bits per heavy atom. The predicted molar refractivity (Wildman–Crippen MR) is 122 cm³/mol. The molecule has 0 atom stereocenters. The molecule has 0 heterocycles. The third-order valence-electron chi connectivity index (χ3n) is 5.17. The SMILES string of the molecule is COc1cc(O)c(C(=O)O)c(CC(=O)c2ccc(F)cc2)c1C/C=C(\C)CCC=C(C)C. The van der Waals surface area contributed by atoms with Crippen LogP contribution in [0, 0.1) is 5.82 Å². The summed E-state index contributed by atoms with van der Waals surface area (Å²) in [6.45, 7) is 6.07. The van der Waals surface area contributed by atoms with Crippen molar-refractivity contribution in [3.05, 3.63) is 81.7 Å². The molecule has 2 aromatic carbocycles.